The molecule has 0 aromatic carbocycles. The number of hydrogen-bond acceptors (Lipinski definition) is 3. The van der Waals surface area contributed by atoms with E-state index in [1.807, 2.05) is 23.6 Å². The smallest absolute Gasteiger partial charge is 0.317 e. The SMILES string of the molecule is CCC1CN(C(=O)NC(C)CCCC(=O)O)CCS1. The number of rotatable bonds is 6. The van der Waals surface area contributed by atoms with Crippen LogP contribution in [0.25, 0.3) is 0 Å². The molecule has 1 aliphatic heterocycles. The largest absolute Gasteiger partial charge is 0.481 e. The van der Waals surface area contributed by atoms with E-state index in [0.717, 1.165) is 25.3 Å². The van der Waals surface area contributed by atoms with E-state index in [4.69, 9.17) is 5.11 Å². The molecule has 1 saturated heterocycles. The van der Waals surface area contributed by atoms with Crippen LogP contribution in [0.4, 0.5) is 4.79 Å². The maximum absolute atomic E-state index is 12.1. The number of hydrogen-bond donors (Lipinski definition) is 2. The molecule has 0 aromatic rings. The lowest BCUT2D eigenvalue weighted by molar-refractivity contribution is -0.137. The second-order valence-electron chi connectivity index (χ2n) is 4.98. The molecule has 110 valence electrons. The van der Waals surface area contributed by atoms with Crippen LogP contribution < -0.4 is 5.32 Å². The molecule has 0 spiro atoms. The van der Waals surface area contributed by atoms with Gasteiger partial charge >= 0.3 is 12.0 Å². The molecular formula is C13H24N2O3S. The van der Waals surface area contributed by atoms with Crippen LogP contribution >= 0.6 is 11.8 Å². The lowest BCUT2D eigenvalue weighted by atomic mass is 10.1. The standard InChI is InChI=1S/C13H24N2O3S/c1-3-11-9-15(7-8-19-11)13(18)14-10(2)5-4-6-12(16)17/h10-11H,3-9H2,1-2H3,(H,14,18)(H,16,17). The molecule has 2 unspecified atom stereocenters. The lowest BCUT2D eigenvalue weighted by Gasteiger charge is -2.32. The van der Waals surface area contributed by atoms with Crippen LogP contribution in [0.3, 0.4) is 0 Å². The maximum Gasteiger partial charge on any atom is 0.317 e. The van der Waals surface area contributed by atoms with E-state index in [0.29, 0.717) is 18.1 Å². The van der Waals surface area contributed by atoms with Gasteiger partial charge in [0.2, 0.25) is 0 Å². The molecular weight excluding hydrogens is 264 g/mol. The van der Waals surface area contributed by atoms with Crippen molar-refractivity contribution in [2.24, 2.45) is 0 Å². The van der Waals surface area contributed by atoms with Crippen molar-refractivity contribution >= 4 is 23.8 Å². The van der Waals surface area contributed by atoms with Gasteiger partial charge in [0.15, 0.2) is 0 Å². The fourth-order valence-electron chi connectivity index (χ4n) is 2.08. The summed E-state index contributed by atoms with van der Waals surface area (Å²) in [6, 6.07) is 0.0167. The predicted molar refractivity (Wildman–Crippen MR) is 77.6 cm³/mol. The third kappa shape index (κ3) is 6.18. The molecule has 5 nitrogen and oxygen atoms in total. The van der Waals surface area contributed by atoms with E-state index in [2.05, 4.69) is 12.2 Å². The fourth-order valence-corrected chi connectivity index (χ4v) is 3.26. The predicted octanol–water partition coefficient (Wildman–Crippen LogP) is 2.17. The van der Waals surface area contributed by atoms with Crippen LogP contribution in [-0.4, -0.2) is 52.1 Å². The molecule has 1 rings (SSSR count). The Bertz CT molecular complexity index is 312. The first-order chi connectivity index (χ1) is 9.02. The molecule has 6 heteroatoms. The van der Waals surface area contributed by atoms with Gasteiger partial charge in [-0.25, -0.2) is 4.79 Å². The number of carboxylic acids is 1. The summed E-state index contributed by atoms with van der Waals surface area (Å²) in [7, 11) is 0. The molecule has 1 fully saturated rings. The number of carbonyl (C=O) groups is 2. The van der Waals surface area contributed by atoms with Crippen molar-refractivity contribution < 1.29 is 14.7 Å². The zero-order valence-corrected chi connectivity index (χ0v) is 12.5. The first-order valence-corrected chi connectivity index (χ1v) is 7.96. The topological polar surface area (TPSA) is 69.6 Å². The van der Waals surface area contributed by atoms with Gasteiger partial charge in [0.25, 0.3) is 0 Å². The highest BCUT2D eigenvalue weighted by molar-refractivity contribution is 8.00. The van der Waals surface area contributed by atoms with E-state index >= 15 is 0 Å². The van der Waals surface area contributed by atoms with Crippen molar-refractivity contribution in [2.75, 3.05) is 18.8 Å². The molecule has 0 saturated carbocycles. The van der Waals surface area contributed by atoms with Crippen molar-refractivity contribution in [2.45, 2.75) is 50.8 Å². The molecule has 19 heavy (non-hydrogen) atoms. The summed E-state index contributed by atoms with van der Waals surface area (Å²) in [5, 5.41) is 12.1. The van der Waals surface area contributed by atoms with Crippen molar-refractivity contribution in [3.8, 4) is 0 Å². The van der Waals surface area contributed by atoms with Crippen LogP contribution in [0.2, 0.25) is 0 Å². The molecule has 2 amide bonds. The Morgan fingerprint density at radius 2 is 2.26 bits per heavy atom. The number of nitrogens with one attached hydrogen (secondary N) is 1. The minimum absolute atomic E-state index is 0.0124. The van der Waals surface area contributed by atoms with Gasteiger partial charge in [0, 0.05) is 36.6 Å². The zero-order valence-electron chi connectivity index (χ0n) is 11.7. The third-order valence-electron chi connectivity index (χ3n) is 3.28. The second-order valence-corrected chi connectivity index (χ2v) is 6.39. The Morgan fingerprint density at radius 3 is 2.89 bits per heavy atom. The molecule has 0 bridgehead atoms. The quantitative estimate of drug-likeness (QED) is 0.786. The minimum Gasteiger partial charge on any atom is -0.481 e. The van der Waals surface area contributed by atoms with Crippen LogP contribution in [0.15, 0.2) is 0 Å². The number of urea groups is 1. The number of carbonyl (C=O) groups excluding carboxylic acids is 1. The monoisotopic (exact) mass is 288 g/mol. The number of thioether (sulfide) groups is 1. The third-order valence-corrected chi connectivity index (χ3v) is 4.65. The fraction of sp³-hybridized carbons (Fsp3) is 0.846. The molecule has 0 aliphatic carbocycles. The van der Waals surface area contributed by atoms with E-state index in [-0.39, 0.29) is 18.5 Å². The summed E-state index contributed by atoms with van der Waals surface area (Å²) >= 11 is 1.93. The second kappa shape index (κ2) is 8.30. The summed E-state index contributed by atoms with van der Waals surface area (Å²) in [4.78, 5) is 24.4. The Labute approximate surface area is 119 Å². The number of amides is 2. The highest BCUT2D eigenvalue weighted by Crippen LogP contribution is 2.21. The number of nitrogens with zero attached hydrogens (tertiary/aromatic N) is 1. The first-order valence-electron chi connectivity index (χ1n) is 6.91. The van der Waals surface area contributed by atoms with Crippen LogP contribution in [0.1, 0.15) is 39.5 Å². The Kier molecular flexibility index (Phi) is 7.05. The van der Waals surface area contributed by atoms with Crippen molar-refractivity contribution in [3.63, 3.8) is 0 Å². The molecule has 1 aliphatic rings. The summed E-state index contributed by atoms with van der Waals surface area (Å²) in [5.74, 6) is 0.219. The first kappa shape index (κ1) is 16.1. The van der Waals surface area contributed by atoms with Gasteiger partial charge in [-0.3, -0.25) is 4.79 Å². The van der Waals surface area contributed by atoms with Crippen LogP contribution in [0, 0.1) is 0 Å². The van der Waals surface area contributed by atoms with Gasteiger partial charge in [0.05, 0.1) is 0 Å². The van der Waals surface area contributed by atoms with Crippen molar-refractivity contribution in [1.82, 2.24) is 10.2 Å². The molecule has 0 aromatic heterocycles. The van der Waals surface area contributed by atoms with Gasteiger partial charge in [-0.15, -0.1) is 0 Å². The average Bonchev–Trinajstić information content (AvgIpc) is 2.38. The Balaban J connectivity index is 2.27. The highest BCUT2D eigenvalue weighted by Gasteiger charge is 2.23. The van der Waals surface area contributed by atoms with E-state index in [1.165, 1.54) is 0 Å². The van der Waals surface area contributed by atoms with E-state index in [9.17, 15) is 9.59 Å². The molecule has 2 N–H and O–H groups in total. The molecule has 1 heterocycles. The number of carboxylic acid groups (broad SMARTS) is 1. The van der Waals surface area contributed by atoms with Crippen molar-refractivity contribution in [1.29, 1.82) is 0 Å². The summed E-state index contributed by atoms with van der Waals surface area (Å²) in [6.07, 6.45) is 2.56. The maximum atomic E-state index is 12.1. The number of aliphatic carboxylic acids is 1. The normalized spacial score (nSPS) is 20.9. The van der Waals surface area contributed by atoms with Gasteiger partial charge in [0.1, 0.15) is 0 Å². The molecule has 2 atom stereocenters. The highest BCUT2D eigenvalue weighted by atomic mass is 32.2. The van der Waals surface area contributed by atoms with Crippen molar-refractivity contribution in [3.05, 3.63) is 0 Å². The van der Waals surface area contributed by atoms with Gasteiger partial charge in [-0.1, -0.05) is 6.92 Å². The van der Waals surface area contributed by atoms with Gasteiger partial charge in [-0.2, -0.15) is 11.8 Å². The minimum atomic E-state index is -0.780. The van der Waals surface area contributed by atoms with Gasteiger partial charge in [-0.05, 0) is 26.2 Å². The summed E-state index contributed by atoms with van der Waals surface area (Å²) < 4.78 is 0. The Morgan fingerprint density at radius 1 is 1.53 bits per heavy atom. The average molecular weight is 288 g/mol. The van der Waals surface area contributed by atoms with E-state index < -0.39 is 5.97 Å². The lowest BCUT2D eigenvalue weighted by Crippen LogP contribution is -2.49. The zero-order chi connectivity index (χ0) is 14.3. The van der Waals surface area contributed by atoms with Crippen LogP contribution in [0.5, 0.6) is 0 Å². The summed E-state index contributed by atoms with van der Waals surface area (Å²) in [6.45, 7) is 5.69. The summed E-state index contributed by atoms with van der Waals surface area (Å²) in [5.41, 5.74) is 0. The van der Waals surface area contributed by atoms with E-state index in [1.54, 1.807) is 0 Å². The van der Waals surface area contributed by atoms with Gasteiger partial charge < -0.3 is 15.3 Å². The Hall–Kier alpha value is -0.910. The molecule has 0 radical (unpaired) electrons. The van der Waals surface area contributed by atoms with Crippen LogP contribution in [-0.2, 0) is 4.79 Å².